The van der Waals surface area contributed by atoms with Gasteiger partial charge in [0.05, 0.1) is 31.2 Å². The van der Waals surface area contributed by atoms with Crippen LogP contribution in [0.3, 0.4) is 0 Å². The van der Waals surface area contributed by atoms with Crippen molar-refractivity contribution in [2.45, 2.75) is 38.5 Å². The molecule has 0 saturated heterocycles. The number of nitrogens with zero attached hydrogens (tertiary/aromatic N) is 4. The standard InChI is InChI=1S/C32H30F4N4O5/c1-18(41)38-9-6-19-4-5-22(12-20(19)16-38)45-17-29(42)40-11-8-25-31(39-10-7-21(32(34,35)36)13-28(39)37-25)30(40)23-14-26(43-2)27(44-3)15-24(23)33/h4-5,7,10,12-15,30H,6,8-9,11,16-17H2,1-3H3. The monoisotopic (exact) mass is 626 g/mol. The second-order valence-electron chi connectivity index (χ2n) is 11.0. The van der Waals surface area contributed by atoms with Crippen molar-refractivity contribution in [3.05, 3.63) is 88.1 Å². The molecule has 4 heterocycles. The molecule has 45 heavy (non-hydrogen) atoms. The summed E-state index contributed by atoms with van der Waals surface area (Å²) in [6, 6.07) is 8.83. The smallest absolute Gasteiger partial charge is 0.416 e. The number of rotatable bonds is 6. The molecule has 1 unspecified atom stereocenters. The predicted molar refractivity (Wildman–Crippen MR) is 154 cm³/mol. The molecule has 1 atom stereocenters. The first-order valence-electron chi connectivity index (χ1n) is 14.3. The third-order valence-corrected chi connectivity index (χ3v) is 8.34. The van der Waals surface area contributed by atoms with E-state index in [4.69, 9.17) is 14.2 Å². The molecule has 4 aromatic rings. The van der Waals surface area contributed by atoms with Crippen molar-refractivity contribution in [3.63, 3.8) is 0 Å². The highest BCUT2D eigenvalue weighted by Crippen LogP contribution is 2.41. The molecule has 2 aromatic heterocycles. The maximum atomic E-state index is 15.8. The highest BCUT2D eigenvalue weighted by molar-refractivity contribution is 5.79. The first-order chi connectivity index (χ1) is 21.5. The third kappa shape index (κ3) is 5.62. The zero-order valence-corrected chi connectivity index (χ0v) is 24.8. The number of carbonyl (C=O) groups excluding carboxylic acids is 2. The Morgan fingerprint density at radius 1 is 0.978 bits per heavy atom. The van der Waals surface area contributed by atoms with Gasteiger partial charge in [0.1, 0.15) is 23.3 Å². The van der Waals surface area contributed by atoms with Gasteiger partial charge in [-0.05, 0) is 47.9 Å². The molecule has 6 rings (SSSR count). The first-order valence-corrected chi connectivity index (χ1v) is 14.3. The van der Waals surface area contributed by atoms with Gasteiger partial charge in [-0.3, -0.25) is 9.59 Å². The van der Waals surface area contributed by atoms with Crippen molar-refractivity contribution < 1.29 is 41.4 Å². The number of benzene rings is 2. The van der Waals surface area contributed by atoms with Gasteiger partial charge < -0.3 is 28.4 Å². The summed E-state index contributed by atoms with van der Waals surface area (Å²) in [5.41, 5.74) is 2.05. The highest BCUT2D eigenvalue weighted by atomic mass is 19.4. The van der Waals surface area contributed by atoms with Crippen LogP contribution in [-0.2, 0) is 35.2 Å². The van der Waals surface area contributed by atoms with E-state index in [1.54, 1.807) is 17.0 Å². The number of fused-ring (bicyclic) bond motifs is 4. The van der Waals surface area contributed by atoms with E-state index in [1.165, 1.54) is 42.7 Å². The van der Waals surface area contributed by atoms with Crippen LogP contribution in [0.5, 0.6) is 17.2 Å². The van der Waals surface area contributed by atoms with Crippen LogP contribution >= 0.6 is 0 Å². The number of amides is 2. The Bertz CT molecular complexity index is 1800. The zero-order chi connectivity index (χ0) is 32.0. The van der Waals surface area contributed by atoms with Crippen LogP contribution in [0.15, 0.2) is 48.7 Å². The summed E-state index contributed by atoms with van der Waals surface area (Å²) < 4.78 is 74.3. The number of aromatic nitrogens is 2. The Morgan fingerprint density at radius 3 is 2.44 bits per heavy atom. The van der Waals surface area contributed by atoms with Gasteiger partial charge in [-0.1, -0.05) is 6.07 Å². The lowest BCUT2D eigenvalue weighted by Crippen LogP contribution is -2.43. The number of carbonyl (C=O) groups is 2. The lowest BCUT2D eigenvalue weighted by Gasteiger charge is -2.36. The largest absolute Gasteiger partial charge is 0.493 e. The average Bonchev–Trinajstić information content (AvgIpc) is 3.40. The Morgan fingerprint density at radius 2 is 1.73 bits per heavy atom. The van der Waals surface area contributed by atoms with Gasteiger partial charge in [-0.2, -0.15) is 13.2 Å². The maximum absolute atomic E-state index is 15.8. The van der Waals surface area contributed by atoms with Gasteiger partial charge >= 0.3 is 6.18 Å². The molecule has 9 nitrogen and oxygen atoms in total. The fourth-order valence-electron chi connectivity index (χ4n) is 6.05. The average molecular weight is 627 g/mol. The number of methoxy groups -OCH3 is 2. The van der Waals surface area contributed by atoms with E-state index in [-0.39, 0.29) is 48.2 Å². The van der Waals surface area contributed by atoms with Crippen LogP contribution in [0.25, 0.3) is 5.65 Å². The maximum Gasteiger partial charge on any atom is 0.416 e. The highest BCUT2D eigenvalue weighted by Gasteiger charge is 2.39. The second-order valence-corrected chi connectivity index (χ2v) is 11.0. The second kappa shape index (κ2) is 11.6. The zero-order valence-electron chi connectivity index (χ0n) is 24.8. The lowest BCUT2D eigenvalue weighted by atomic mass is 9.94. The van der Waals surface area contributed by atoms with E-state index < -0.39 is 29.5 Å². The Kier molecular flexibility index (Phi) is 7.79. The molecule has 0 saturated carbocycles. The van der Waals surface area contributed by atoms with E-state index in [1.807, 2.05) is 6.07 Å². The molecule has 0 N–H and O–H groups in total. The molecular weight excluding hydrogens is 596 g/mol. The van der Waals surface area contributed by atoms with Crippen molar-refractivity contribution in [1.29, 1.82) is 0 Å². The minimum atomic E-state index is -4.58. The molecule has 2 aromatic carbocycles. The van der Waals surface area contributed by atoms with Crippen LogP contribution in [0.2, 0.25) is 0 Å². The molecule has 0 aliphatic carbocycles. The normalized spacial score (nSPS) is 16.3. The quantitative estimate of drug-likeness (QED) is 0.281. The summed E-state index contributed by atoms with van der Waals surface area (Å²) in [6.45, 7) is 2.32. The molecule has 0 radical (unpaired) electrons. The fraction of sp³-hybridized carbons (Fsp3) is 0.344. The summed E-state index contributed by atoms with van der Waals surface area (Å²) in [5.74, 6) is -0.401. The van der Waals surface area contributed by atoms with E-state index in [2.05, 4.69) is 4.98 Å². The van der Waals surface area contributed by atoms with Gasteiger partial charge in [-0.25, -0.2) is 9.37 Å². The first kappa shape index (κ1) is 30.2. The Labute approximate surface area is 255 Å². The summed E-state index contributed by atoms with van der Waals surface area (Å²) in [7, 11) is 2.76. The topological polar surface area (TPSA) is 85.6 Å². The van der Waals surface area contributed by atoms with Gasteiger partial charge in [0.2, 0.25) is 5.91 Å². The van der Waals surface area contributed by atoms with Crippen LogP contribution in [0, 0.1) is 5.82 Å². The van der Waals surface area contributed by atoms with E-state index in [0.29, 0.717) is 36.6 Å². The van der Waals surface area contributed by atoms with Gasteiger partial charge in [0.25, 0.3) is 5.91 Å². The number of ether oxygens (including phenoxy) is 3. The van der Waals surface area contributed by atoms with Crippen molar-refractivity contribution in [2.24, 2.45) is 0 Å². The fourth-order valence-corrected chi connectivity index (χ4v) is 6.05. The number of imidazole rings is 1. The number of halogens is 4. The van der Waals surface area contributed by atoms with Gasteiger partial charge in [0, 0.05) is 50.8 Å². The molecule has 2 aliphatic rings. The molecule has 0 spiro atoms. The van der Waals surface area contributed by atoms with Crippen LogP contribution in [0.4, 0.5) is 17.6 Å². The Balaban J connectivity index is 1.36. The molecule has 13 heteroatoms. The van der Waals surface area contributed by atoms with Crippen LogP contribution < -0.4 is 14.2 Å². The molecule has 0 fully saturated rings. The van der Waals surface area contributed by atoms with Crippen molar-refractivity contribution in [3.8, 4) is 17.2 Å². The molecule has 0 bridgehead atoms. The summed E-state index contributed by atoms with van der Waals surface area (Å²) in [4.78, 5) is 33.3. The summed E-state index contributed by atoms with van der Waals surface area (Å²) in [5, 5.41) is 0. The molecule has 2 amide bonds. The summed E-state index contributed by atoms with van der Waals surface area (Å²) in [6.07, 6.45) is -2.40. The number of hydrogen-bond donors (Lipinski definition) is 0. The summed E-state index contributed by atoms with van der Waals surface area (Å²) >= 11 is 0. The minimum Gasteiger partial charge on any atom is -0.493 e. The van der Waals surface area contributed by atoms with Crippen LogP contribution in [0.1, 0.15) is 46.6 Å². The van der Waals surface area contributed by atoms with Crippen molar-refractivity contribution in [2.75, 3.05) is 33.9 Å². The number of hydrogen-bond acceptors (Lipinski definition) is 6. The Hall–Kier alpha value is -4.81. The molecule has 2 aliphatic heterocycles. The van der Waals surface area contributed by atoms with E-state index >= 15 is 4.39 Å². The van der Waals surface area contributed by atoms with E-state index in [9.17, 15) is 22.8 Å². The predicted octanol–water partition coefficient (Wildman–Crippen LogP) is 4.97. The van der Waals surface area contributed by atoms with Crippen LogP contribution in [-0.4, -0.2) is 64.9 Å². The number of alkyl halides is 3. The SMILES string of the molecule is COc1cc(F)c(C2c3c(nc4cc(C(F)(F)F)ccn34)CCN2C(=O)COc2ccc3c(c2)CN(C(C)=O)CC3)cc1OC. The minimum absolute atomic E-state index is 0.0259. The van der Waals surface area contributed by atoms with Gasteiger partial charge in [0.15, 0.2) is 18.1 Å². The van der Waals surface area contributed by atoms with Gasteiger partial charge in [-0.15, -0.1) is 0 Å². The molecule has 236 valence electrons. The van der Waals surface area contributed by atoms with Crippen molar-refractivity contribution in [1.82, 2.24) is 19.2 Å². The number of pyridine rings is 1. The lowest BCUT2D eigenvalue weighted by molar-refractivity contribution is -0.137. The molecular formula is C32H30F4N4O5. The van der Waals surface area contributed by atoms with E-state index in [0.717, 1.165) is 29.3 Å². The third-order valence-electron chi connectivity index (χ3n) is 8.34. The van der Waals surface area contributed by atoms with Crippen molar-refractivity contribution >= 4 is 17.5 Å².